The molecule has 1 rings (SSSR count). The lowest BCUT2D eigenvalue weighted by Gasteiger charge is -2.12. The van der Waals surface area contributed by atoms with E-state index >= 15 is 0 Å². The summed E-state index contributed by atoms with van der Waals surface area (Å²) in [6.45, 7) is 3.77. The standard InChI is InChI=1S/C11H13NO3/c1-2-4-9(13)5-3-8-12-10(14)6-7-11(12)15/h2,6-7H,1,3-5,8H2. The van der Waals surface area contributed by atoms with Crippen molar-refractivity contribution in [2.45, 2.75) is 19.3 Å². The third-order valence-electron chi connectivity index (χ3n) is 2.11. The molecule has 0 aromatic rings. The summed E-state index contributed by atoms with van der Waals surface area (Å²) in [7, 11) is 0. The molecule has 0 radical (unpaired) electrons. The SMILES string of the molecule is C=CCC(=O)CCCN1C(=O)C=CC1=O. The van der Waals surface area contributed by atoms with Gasteiger partial charge < -0.3 is 0 Å². The molecule has 0 atom stereocenters. The molecule has 4 heteroatoms. The number of carbonyl (C=O) groups is 3. The second kappa shape index (κ2) is 5.24. The Hall–Kier alpha value is -1.71. The number of imide groups is 1. The molecule has 1 aliphatic heterocycles. The zero-order chi connectivity index (χ0) is 11.3. The maximum Gasteiger partial charge on any atom is 0.253 e. The van der Waals surface area contributed by atoms with E-state index in [1.54, 1.807) is 6.08 Å². The normalized spacial score (nSPS) is 14.8. The fourth-order valence-corrected chi connectivity index (χ4v) is 1.35. The molecular weight excluding hydrogens is 194 g/mol. The van der Waals surface area contributed by atoms with Gasteiger partial charge in [-0.25, -0.2) is 0 Å². The van der Waals surface area contributed by atoms with Gasteiger partial charge in [0.05, 0.1) is 0 Å². The van der Waals surface area contributed by atoms with Crippen molar-refractivity contribution in [3.63, 3.8) is 0 Å². The van der Waals surface area contributed by atoms with Crippen molar-refractivity contribution in [1.82, 2.24) is 4.90 Å². The number of nitrogens with zero attached hydrogens (tertiary/aromatic N) is 1. The summed E-state index contributed by atoms with van der Waals surface area (Å²) in [5.41, 5.74) is 0. The van der Waals surface area contributed by atoms with E-state index in [9.17, 15) is 14.4 Å². The van der Waals surface area contributed by atoms with Gasteiger partial charge in [0.2, 0.25) is 0 Å². The van der Waals surface area contributed by atoms with E-state index < -0.39 is 0 Å². The Balaban J connectivity index is 2.26. The van der Waals surface area contributed by atoms with Gasteiger partial charge in [-0.1, -0.05) is 6.08 Å². The second-order valence-corrected chi connectivity index (χ2v) is 3.30. The van der Waals surface area contributed by atoms with Crippen LogP contribution in [0.1, 0.15) is 19.3 Å². The second-order valence-electron chi connectivity index (χ2n) is 3.30. The van der Waals surface area contributed by atoms with Crippen molar-refractivity contribution in [3.8, 4) is 0 Å². The summed E-state index contributed by atoms with van der Waals surface area (Å²) in [6.07, 6.45) is 5.28. The maximum absolute atomic E-state index is 11.1. The van der Waals surface area contributed by atoms with Gasteiger partial charge >= 0.3 is 0 Å². The largest absolute Gasteiger partial charge is 0.299 e. The van der Waals surface area contributed by atoms with Crippen molar-refractivity contribution in [2.24, 2.45) is 0 Å². The molecule has 80 valence electrons. The Morgan fingerprint density at radius 2 is 1.93 bits per heavy atom. The molecule has 15 heavy (non-hydrogen) atoms. The first-order valence-corrected chi connectivity index (χ1v) is 4.81. The molecule has 0 N–H and O–H groups in total. The third kappa shape index (κ3) is 3.16. The minimum absolute atomic E-state index is 0.0806. The minimum atomic E-state index is -0.295. The van der Waals surface area contributed by atoms with Crippen LogP contribution < -0.4 is 0 Å². The number of amides is 2. The van der Waals surface area contributed by atoms with Crippen molar-refractivity contribution < 1.29 is 14.4 Å². The zero-order valence-corrected chi connectivity index (χ0v) is 8.44. The maximum atomic E-state index is 11.1. The molecule has 0 unspecified atom stereocenters. The Morgan fingerprint density at radius 1 is 1.33 bits per heavy atom. The quantitative estimate of drug-likeness (QED) is 0.479. The van der Waals surface area contributed by atoms with Crippen molar-refractivity contribution in [3.05, 3.63) is 24.8 Å². The number of rotatable bonds is 6. The average Bonchev–Trinajstić information content (AvgIpc) is 2.49. The molecule has 0 fully saturated rings. The van der Waals surface area contributed by atoms with Gasteiger partial charge in [-0.3, -0.25) is 19.3 Å². The average molecular weight is 207 g/mol. The summed E-state index contributed by atoms with van der Waals surface area (Å²) in [6, 6.07) is 0. The predicted molar refractivity (Wildman–Crippen MR) is 54.9 cm³/mol. The van der Waals surface area contributed by atoms with Crippen LogP contribution in [0.3, 0.4) is 0 Å². The Kier molecular flexibility index (Phi) is 3.97. The number of ketones is 1. The summed E-state index contributed by atoms with van der Waals surface area (Å²) in [4.78, 5) is 34.5. The number of carbonyl (C=O) groups excluding carboxylic acids is 3. The Labute approximate surface area is 88.2 Å². The van der Waals surface area contributed by atoms with E-state index in [1.807, 2.05) is 0 Å². The smallest absolute Gasteiger partial charge is 0.253 e. The molecule has 2 amide bonds. The zero-order valence-electron chi connectivity index (χ0n) is 8.44. The van der Waals surface area contributed by atoms with Crippen LogP contribution >= 0.6 is 0 Å². The summed E-state index contributed by atoms with van der Waals surface area (Å²) in [5.74, 6) is -0.510. The van der Waals surface area contributed by atoms with Crippen LogP contribution in [-0.2, 0) is 14.4 Å². The number of Topliss-reactive ketones (excluding diaryl/α,β-unsaturated/α-hetero) is 1. The van der Waals surface area contributed by atoms with Crippen molar-refractivity contribution >= 4 is 17.6 Å². The summed E-state index contributed by atoms with van der Waals surface area (Å²) >= 11 is 0. The van der Waals surface area contributed by atoms with Crippen LogP contribution in [0.4, 0.5) is 0 Å². The van der Waals surface area contributed by atoms with Gasteiger partial charge in [-0.2, -0.15) is 0 Å². The summed E-state index contributed by atoms with van der Waals surface area (Å²) < 4.78 is 0. The number of hydrogen-bond acceptors (Lipinski definition) is 3. The van der Waals surface area contributed by atoms with E-state index in [1.165, 1.54) is 12.2 Å². The fraction of sp³-hybridized carbons (Fsp3) is 0.364. The monoisotopic (exact) mass is 207 g/mol. The van der Waals surface area contributed by atoms with E-state index in [4.69, 9.17) is 0 Å². The lowest BCUT2D eigenvalue weighted by molar-refractivity contribution is -0.137. The highest BCUT2D eigenvalue weighted by molar-refractivity contribution is 6.12. The Morgan fingerprint density at radius 3 is 2.47 bits per heavy atom. The van der Waals surface area contributed by atoms with E-state index in [-0.39, 0.29) is 17.6 Å². The molecule has 0 aromatic heterocycles. The highest BCUT2D eigenvalue weighted by Gasteiger charge is 2.22. The topological polar surface area (TPSA) is 54.5 Å². The van der Waals surface area contributed by atoms with E-state index in [2.05, 4.69) is 6.58 Å². The molecule has 0 bridgehead atoms. The van der Waals surface area contributed by atoms with Gasteiger partial charge in [0.25, 0.3) is 11.8 Å². The third-order valence-corrected chi connectivity index (χ3v) is 2.11. The van der Waals surface area contributed by atoms with Gasteiger partial charge in [0.15, 0.2) is 0 Å². The van der Waals surface area contributed by atoms with Crippen LogP contribution in [-0.4, -0.2) is 29.0 Å². The molecule has 0 saturated carbocycles. The highest BCUT2D eigenvalue weighted by Crippen LogP contribution is 2.06. The van der Waals surface area contributed by atoms with E-state index in [0.29, 0.717) is 25.8 Å². The van der Waals surface area contributed by atoms with Crippen molar-refractivity contribution in [2.75, 3.05) is 6.54 Å². The first-order valence-electron chi connectivity index (χ1n) is 4.81. The predicted octanol–water partition coefficient (Wildman–Crippen LogP) is 0.837. The van der Waals surface area contributed by atoms with Crippen LogP contribution in [0.2, 0.25) is 0 Å². The molecule has 1 aliphatic rings. The van der Waals surface area contributed by atoms with Gasteiger partial charge in [0, 0.05) is 31.5 Å². The van der Waals surface area contributed by atoms with Gasteiger partial charge in [0.1, 0.15) is 5.78 Å². The summed E-state index contributed by atoms with van der Waals surface area (Å²) in [5, 5.41) is 0. The van der Waals surface area contributed by atoms with Crippen LogP contribution in [0.15, 0.2) is 24.8 Å². The molecule has 0 aromatic carbocycles. The van der Waals surface area contributed by atoms with Crippen LogP contribution in [0, 0.1) is 0 Å². The van der Waals surface area contributed by atoms with Crippen molar-refractivity contribution in [1.29, 1.82) is 0 Å². The van der Waals surface area contributed by atoms with Gasteiger partial charge in [-0.15, -0.1) is 6.58 Å². The first-order chi connectivity index (χ1) is 7.15. The molecule has 0 saturated heterocycles. The molecular formula is C11H13NO3. The highest BCUT2D eigenvalue weighted by atomic mass is 16.2. The van der Waals surface area contributed by atoms with Crippen LogP contribution in [0.25, 0.3) is 0 Å². The fourth-order valence-electron chi connectivity index (χ4n) is 1.35. The van der Waals surface area contributed by atoms with Gasteiger partial charge in [-0.05, 0) is 6.42 Å². The molecule has 0 spiro atoms. The Bertz CT molecular complexity index is 313. The molecule has 4 nitrogen and oxygen atoms in total. The minimum Gasteiger partial charge on any atom is -0.299 e. The van der Waals surface area contributed by atoms with E-state index in [0.717, 1.165) is 4.90 Å². The number of hydrogen-bond donors (Lipinski definition) is 0. The van der Waals surface area contributed by atoms with Crippen LogP contribution in [0.5, 0.6) is 0 Å². The first kappa shape index (κ1) is 11.4. The molecule has 1 heterocycles. The molecule has 0 aliphatic carbocycles. The lowest BCUT2D eigenvalue weighted by atomic mass is 10.1. The number of allylic oxidation sites excluding steroid dienone is 1. The lowest BCUT2D eigenvalue weighted by Crippen LogP contribution is -2.31.